The highest BCUT2D eigenvalue weighted by Crippen LogP contribution is 2.34. The summed E-state index contributed by atoms with van der Waals surface area (Å²) < 4.78 is 15.9. The predicted octanol–water partition coefficient (Wildman–Crippen LogP) is 3.21. The fourth-order valence-electron chi connectivity index (χ4n) is 1.85. The Morgan fingerprint density at radius 3 is 2.95 bits per heavy atom. The van der Waals surface area contributed by atoms with Gasteiger partial charge >= 0.3 is 5.97 Å². The zero-order valence-corrected chi connectivity index (χ0v) is 11.8. The first kappa shape index (κ1) is 14.3. The Labute approximate surface area is 119 Å². The number of carbonyl (C=O) groups excluding carboxylic acids is 1. The van der Waals surface area contributed by atoms with E-state index in [0.29, 0.717) is 11.5 Å². The number of ether oxygens (including phenoxy) is 3. The van der Waals surface area contributed by atoms with E-state index in [2.05, 4.69) is 18.8 Å². The minimum Gasteiger partial charge on any atom is -0.454 e. The summed E-state index contributed by atoms with van der Waals surface area (Å²) in [6.07, 6.45) is 2.38. The molecule has 0 bridgehead atoms. The van der Waals surface area contributed by atoms with E-state index in [-0.39, 0.29) is 12.8 Å². The lowest BCUT2D eigenvalue weighted by Gasteiger charge is -2.12. The Kier molecular flexibility index (Phi) is 4.89. The minimum atomic E-state index is -0.557. The first-order valence-electron chi connectivity index (χ1n) is 6.76. The number of rotatable bonds is 4. The highest BCUT2D eigenvalue weighted by Gasteiger charge is 2.18. The van der Waals surface area contributed by atoms with Crippen molar-refractivity contribution in [2.24, 2.45) is 0 Å². The van der Waals surface area contributed by atoms with Gasteiger partial charge in [-0.2, -0.15) is 0 Å². The second-order valence-electron chi connectivity index (χ2n) is 4.53. The van der Waals surface area contributed by atoms with Crippen LogP contribution in [0.1, 0.15) is 44.8 Å². The lowest BCUT2D eigenvalue weighted by molar-refractivity contribution is -0.144. The second-order valence-corrected chi connectivity index (χ2v) is 4.53. The topological polar surface area (TPSA) is 44.8 Å². The van der Waals surface area contributed by atoms with Crippen LogP contribution in [0.4, 0.5) is 0 Å². The third-order valence-corrected chi connectivity index (χ3v) is 2.87. The lowest BCUT2D eigenvalue weighted by atomic mass is 10.1. The zero-order valence-electron chi connectivity index (χ0n) is 11.8. The standard InChI is InChI=1S/C16H18O4/c1-3-4-5-6-7-14(20-12(2)17)13-8-9-15-16(10-13)19-11-18-15/h8-10,14H,3-5,11H2,1-2H3. The molecule has 1 aliphatic rings. The summed E-state index contributed by atoms with van der Waals surface area (Å²) in [4.78, 5) is 11.2. The molecule has 0 aliphatic carbocycles. The number of benzene rings is 1. The van der Waals surface area contributed by atoms with Crippen LogP contribution >= 0.6 is 0 Å². The summed E-state index contributed by atoms with van der Waals surface area (Å²) in [6.45, 7) is 3.72. The molecule has 1 unspecified atom stereocenters. The van der Waals surface area contributed by atoms with Crippen LogP contribution in [0.5, 0.6) is 11.5 Å². The van der Waals surface area contributed by atoms with Crippen molar-refractivity contribution in [3.05, 3.63) is 23.8 Å². The van der Waals surface area contributed by atoms with E-state index < -0.39 is 6.10 Å². The van der Waals surface area contributed by atoms with Gasteiger partial charge in [-0.1, -0.05) is 31.3 Å². The number of esters is 1. The number of hydrogen-bond acceptors (Lipinski definition) is 4. The Balaban J connectivity index is 2.16. The Morgan fingerprint density at radius 1 is 1.40 bits per heavy atom. The molecule has 0 aromatic heterocycles. The van der Waals surface area contributed by atoms with E-state index in [9.17, 15) is 4.79 Å². The summed E-state index contributed by atoms with van der Waals surface area (Å²) in [6, 6.07) is 5.46. The number of carbonyl (C=O) groups is 1. The van der Waals surface area contributed by atoms with Crippen LogP contribution in [0.25, 0.3) is 0 Å². The summed E-state index contributed by atoms with van der Waals surface area (Å²) >= 11 is 0. The van der Waals surface area contributed by atoms with Gasteiger partial charge in [-0.25, -0.2) is 0 Å². The molecule has 2 rings (SSSR count). The number of hydrogen-bond donors (Lipinski definition) is 0. The van der Waals surface area contributed by atoms with Gasteiger partial charge in [0.15, 0.2) is 17.6 Å². The number of fused-ring (bicyclic) bond motifs is 1. The van der Waals surface area contributed by atoms with Crippen LogP contribution in [0, 0.1) is 11.8 Å². The van der Waals surface area contributed by atoms with Crippen LogP contribution in [0.15, 0.2) is 18.2 Å². The van der Waals surface area contributed by atoms with Gasteiger partial charge in [0, 0.05) is 18.9 Å². The van der Waals surface area contributed by atoms with Crippen LogP contribution in [0.3, 0.4) is 0 Å². The molecule has 4 heteroatoms. The van der Waals surface area contributed by atoms with Crippen molar-refractivity contribution < 1.29 is 19.0 Å². The van der Waals surface area contributed by atoms with Gasteiger partial charge < -0.3 is 14.2 Å². The molecule has 0 saturated carbocycles. The Morgan fingerprint density at radius 2 is 2.20 bits per heavy atom. The molecule has 1 aromatic rings. The highest BCUT2D eigenvalue weighted by atomic mass is 16.7. The van der Waals surface area contributed by atoms with E-state index in [0.717, 1.165) is 24.8 Å². The first-order chi connectivity index (χ1) is 9.70. The monoisotopic (exact) mass is 274 g/mol. The van der Waals surface area contributed by atoms with E-state index >= 15 is 0 Å². The van der Waals surface area contributed by atoms with E-state index in [1.807, 2.05) is 18.2 Å². The van der Waals surface area contributed by atoms with Crippen LogP contribution < -0.4 is 9.47 Å². The van der Waals surface area contributed by atoms with Gasteiger partial charge in [-0.3, -0.25) is 4.79 Å². The first-order valence-corrected chi connectivity index (χ1v) is 6.76. The van der Waals surface area contributed by atoms with Crippen molar-refractivity contribution in [1.82, 2.24) is 0 Å². The van der Waals surface area contributed by atoms with Crippen molar-refractivity contribution in [3.63, 3.8) is 0 Å². The van der Waals surface area contributed by atoms with Gasteiger partial charge in [0.1, 0.15) is 0 Å². The molecular weight excluding hydrogens is 256 g/mol. The largest absolute Gasteiger partial charge is 0.454 e. The maximum absolute atomic E-state index is 11.2. The van der Waals surface area contributed by atoms with Gasteiger partial charge in [-0.05, 0) is 18.6 Å². The van der Waals surface area contributed by atoms with Crippen molar-refractivity contribution in [1.29, 1.82) is 0 Å². The third kappa shape index (κ3) is 3.67. The molecule has 106 valence electrons. The van der Waals surface area contributed by atoms with Crippen LogP contribution in [-0.4, -0.2) is 12.8 Å². The average molecular weight is 274 g/mol. The molecule has 1 aliphatic heterocycles. The van der Waals surface area contributed by atoms with Crippen molar-refractivity contribution in [2.45, 2.75) is 39.2 Å². The quantitative estimate of drug-likeness (QED) is 0.480. The summed E-state index contributed by atoms with van der Waals surface area (Å²) in [5.74, 6) is 7.08. The molecule has 0 spiro atoms. The zero-order chi connectivity index (χ0) is 14.4. The van der Waals surface area contributed by atoms with E-state index in [1.54, 1.807) is 0 Å². The fourth-order valence-corrected chi connectivity index (χ4v) is 1.85. The smallest absolute Gasteiger partial charge is 0.304 e. The fraction of sp³-hybridized carbons (Fsp3) is 0.438. The molecule has 0 N–H and O–H groups in total. The molecule has 1 atom stereocenters. The maximum atomic E-state index is 11.2. The van der Waals surface area contributed by atoms with Gasteiger partial charge in [0.2, 0.25) is 6.79 Å². The van der Waals surface area contributed by atoms with E-state index in [1.165, 1.54) is 6.92 Å². The maximum Gasteiger partial charge on any atom is 0.304 e. The second kappa shape index (κ2) is 6.85. The Bertz CT molecular complexity index is 539. The Hall–Kier alpha value is -2.15. The lowest BCUT2D eigenvalue weighted by Crippen LogP contribution is -2.06. The normalized spacial score (nSPS) is 13.3. The average Bonchev–Trinajstić information content (AvgIpc) is 2.89. The van der Waals surface area contributed by atoms with Crippen LogP contribution in [-0.2, 0) is 9.53 Å². The van der Waals surface area contributed by atoms with Gasteiger partial charge in [-0.15, -0.1) is 0 Å². The molecule has 1 heterocycles. The minimum absolute atomic E-state index is 0.221. The third-order valence-electron chi connectivity index (χ3n) is 2.87. The van der Waals surface area contributed by atoms with Crippen molar-refractivity contribution in [3.8, 4) is 23.3 Å². The van der Waals surface area contributed by atoms with Crippen molar-refractivity contribution >= 4 is 5.97 Å². The van der Waals surface area contributed by atoms with Gasteiger partial charge in [0.25, 0.3) is 0 Å². The molecule has 0 radical (unpaired) electrons. The van der Waals surface area contributed by atoms with Crippen LogP contribution in [0.2, 0.25) is 0 Å². The molecule has 20 heavy (non-hydrogen) atoms. The summed E-state index contributed by atoms with van der Waals surface area (Å²) in [5.41, 5.74) is 0.799. The molecular formula is C16H18O4. The molecule has 1 aromatic carbocycles. The highest BCUT2D eigenvalue weighted by molar-refractivity contribution is 5.67. The van der Waals surface area contributed by atoms with Crippen molar-refractivity contribution in [2.75, 3.05) is 6.79 Å². The SMILES string of the molecule is CCCCC#CC(OC(C)=O)c1ccc2c(c1)OCO2. The predicted molar refractivity (Wildman–Crippen MR) is 74.4 cm³/mol. The number of unbranched alkanes of at least 4 members (excludes halogenated alkanes) is 2. The molecule has 4 nitrogen and oxygen atoms in total. The molecule has 0 fully saturated rings. The van der Waals surface area contributed by atoms with E-state index in [4.69, 9.17) is 14.2 Å². The summed E-state index contributed by atoms with van der Waals surface area (Å²) in [7, 11) is 0. The molecule has 0 amide bonds. The summed E-state index contributed by atoms with van der Waals surface area (Å²) in [5, 5.41) is 0. The molecule has 0 saturated heterocycles. The van der Waals surface area contributed by atoms with Gasteiger partial charge in [0.05, 0.1) is 0 Å².